The van der Waals surface area contributed by atoms with Crippen LogP contribution in [0.25, 0.3) is 0 Å². The second-order valence-corrected chi connectivity index (χ2v) is 19.0. The van der Waals surface area contributed by atoms with Gasteiger partial charge in [0.05, 0.1) is 23.4 Å². The van der Waals surface area contributed by atoms with E-state index in [1.54, 1.807) is 55.5 Å². The van der Waals surface area contributed by atoms with Crippen molar-refractivity contribution in [2.24, 2.45) is 41.4 Å². The Kier molecular flexibility index (Phi) is 8.90. The first kappa shape index (κ1) is 39.6. The van der Waals surface area contributed by atoms with Crippen molar-refractivity contribution in [3.05, 3.63) is 96.1 Å². The van der Waals surface area contributed by atoms with Gasteiger partial charge in [-0.25, -0.2) is 9.59 Å². The average molecular weight is 815 g/mol. The van der Waals surface area contributed by atoms with E-state index in [1.165, 1.54) is 12.2 Å². The van der Waals surface area contributed by atoms with E-state index in [2.05, 4.69) is 6.92 Å². The second-order valence-electron chi connectivity index (χ2n) is 19.0. The molecule has 2 aromatic carbocycles. The van der Waals surface area contributed by atoms with Gasteiger partial charge in [0.15, 0.2) is 0 Å². The summed E-state index contributed by atoms with van der Waals surface area (Å²) in [7, 11) is 0. The van der Waals surface area contributed by atoms with Crippen molar-refractivity contribution >= 4 is 11.9 Å². The van der Waals surface area contributed by atoms with E-state index in [0.29, 0.717) is 24.0 Å². The van der Waals surface area contributed by atoms with Crippen molar-refractivity contribution in [1.29, 1.82) is 0 Å². The first-order valence-electron chi connectivity index (χ1n) is 21.2. The molecular formula is C46H54O13. The minimum atomic E-state index is -2.22. The lowest BCUT2D eigenvalue weighted by molar-refractivity contribution is -0.595. The molecule has 19 atom stereocenters. The molecule has 316 valence electrons. The van der Waals surface area contributed by atoms with Crippen molar-refractivity contribution < 1.29 is 63.5 Å². The van der Waals surface area contributed by atoms with E-state index < -0.39 is 113 Å². The number of benzene rings is 2. The standard InChI is InChI=1S/C46H54O13/c1-24-21-32-43(52)35(24)55-33(48)18-12-11-17-31(54-39(49)27-13-7-5-8-14-27)30-20-19-28(25(30)2)22-41(4,51)45(53)36-26(3)44(32)34(37-42(23-47,56-37)40(43)50)38(45)58-46(57-36,59-44)29-15-9-6-10-16-29/h5-18,24-26,28,30-32,34-38,40,47,50-53H,19-23H2,1-4H3/b17-11+,18-12+/t24-,25+,26-,28+,30-,31+,32-,34+,35+,36-,37-,38-,40+,41+,42-,43-,44+,45+,46-/m1/s1. The number of fused-ring (bicyclic) bond motifs is 6. The zero-order valence-corrected chi connectivity index (χ0v) is 33.6. The molecule has 6 aliphatic heterocycles. The molecule has 4 aliphatic carbocycles. The predicted octanol–water partition coefficient (Wildman–Crippen LogP) is 3.31. The number of hydrogen-bond donors (Lipinski definition) is 5. The highest BCUT2D eigenvalue weighted by Gasteiger charge is 2.91. The monoisotopic (exact) mass is 814 g/mol. The summed E-state index contributed by atoms with van der Waals surface area (Å²) in [4.78, 5) is 27.2. The molecule has 6 heterocycles. The highest BCUT2D eigenvalue weighted by atomic mass is 16.9. The Bertz CT molecular complexity index is 2060. The van der Waals surface area contributed by atoms with Gasteiger partial charge in [0, 0.05) is 35.3 Å². The van der Waals surface area contributed by atoms with Crippen molar-refractivity contribution in [2.75, 3.05) is 6.61 Å². The van der Waals surface area contributed by atoms with E-state index in [0.717, 1.165) is 0 Å². The molecule has 0 unspecified atom stereocenters. The molecule has 12 rings (SSSR count). The van der Waals surface area contributed by atoms with Crippen LogP contribution in [0, 0.1) is 41.4 Å². The molecule has 0 amide bonds. The summed E-state index contributed by atoms with van der Waals surface area (Å²) >= 11 is 0. The van der Waals surface area contributed by atoms with E-state index in [9.17, 15) is 35.1 Å². The lowest BCUT2D eigenvalue weighted by Crippen LogP contribution is -2.89. The molecule has 8 fully saturated rings. The largest absolute Gasteiger partial charge is 0.456 e. The molecule has 10 aliphatic rings. The SMILES string of the molecule is C[C@H]1[C@H]2CC[C@H]1[C@@H](OC(=O)c1ccccc1)/C=C/C=C/C(=O)O[C@H]1[C@H](C)C[C@@H]3[C@]1(O)[C@@H](O)[C@]1(CO)O[C@@H]1[C@H]1[C@H]4O[C@@]5(c6ccccc6)O[C@H]([C@@H](C)[C@@]13O5)[C@@]4(O)[C@@](C)(O)C2. The lowest BCUT2D eigenvalue weighted by atomic mass is 9.49. The Morgan fingerprint density at radius 2 is 1.58 bits per heavy atom. The zero-order chi connectivity index (χ0) is 41.5. The van der Waals surface area contributed by atoms with Crippen LogP contribution >= 0.6 is 0 Å². The first-order chi connectivity index (χ1) is 28.1. The van der Waals surface area contributed by atoms with E-state index in [-0.39, 0.29) is 30.6 Å². The van der Waals surface area contributed by atoms with E-state index >= 15 is 0 Å². The molecule has 59 heavy (non-hydrogen) atoms. The Hall–Kier alpha value is -3.50. The Morgan fingerprint density at radius 1 is 0.881 bits per heavy atom. The van der Waals surface area contributed by atoms with Crippen LogP contribution < -0.4 is 0 Å². The van der Waals surface area contributed by atoms with Gasteiger partial charge in [0.25, 0.3) is 0 Å². The van der Waals surface area contributed by atoms with Crippen LogP contribution in [-0.2, 0) is 39.2 Å². The number of epoxide rings is 1. The number of aliphatic hydroxyl groups is 5. The van der Waals surface area contributed by atoms with Crippen LogP contribution in [0.4, 0.5) is 0 Å². The van der Waals surface area contributed by atoms with Crippen LogP contribution in [0.3, 0.4) is 0 Å². The topological polar surface area (TPSA) is 194 Å². The second kappa shape index (κ2) is 13.3. The quantitative estimate of drug-likeness (QED) is 0.223. The van der Waals surface area contributed by atoms with Crippen LogP contribution in [0.1, 0.15) is 69.3 Å². The van der Waals surface area contributed by atoms with Gasteiger partial charge in [-0.3, -0.25) is 0 Å². The van der Waals surface area contributed by atoms with Crippen LogP contribution in [0.2, 0.25) is 0 Å². The third-order valence-electron chi connectivity index (χ3n) is 16.2. The molecular weight excluding hydrogens is 760 g/mol. The van der Waals surface area contributed by atoms with Gasteiger partial charge in [-0.1, -0.05) is 81.5 Å². The maximum absolute atomic E-state index is 13.7. The molecule has 0 aromatic heterocycles. The fourth-order valence-corrected chi connectivity index (χ4v) is 13.3. The minimum absolute atomic E-state index is 0.102. The van der Waals surface area contributed by atoms with Crippen LogP contribution in [0.5, 0.6) is 0 Å². The highest BCUT2D eigenvalue weighted by Crippen LogP contribution is 2.75. The Labute approximate surface area is 342 Å². The van der Waals surface area contributed by atoms with Crippen molar-refractivity contribution in [2.45, 2.75) is 124 Å². The molecule has 4 saturated carbocycles. The molecule has 2 aromatic rings. The molecule has 11 bridgehead atoms. The lowest BCUT2D eigenvalue weighted by Gasteiger charge is -2.74. The smallest absolute Gasteiger partial charge is 0.338 e. The third-order valence-corrected chi connectivity index (χ3v) is 16.2. The molecule has 4 saturated heterocycles. The van der Waals surface area contributed by atoms with Gasteiger partial charge in [-0.05, 0) is 68.6 Å². The maximum atomic E-state index is 13.7. The normalized spacial score (nSPS) is 52.8. The molecule has 13 heteroatoms. The number of rotatable bonds is 4. The summed E-state index contributed by atoms with van der Waals surface area (Å²) in [5, 5.41) is 63.4. The summed E-state index contributed by atoms with van der Waals surface area (Å²) in [6.45, 7) is 6.66. The summed E-state index contributed by atoms with van der Waals surface area (Å²) in [5.74, 6) is -6.79. The average Bonchev–Trinajstić information content (AvgIpc) is 3.79. The van der Waals surface area contributed by atoms with Gasteiger partial charge < -0.3 is 54.0 Å². The van der Waals surface area contributed by atoms with Gasteiger partial charge in [-0.2, -0.15) is 0 Å². The van der Waals surface area contributed by atoms with Crippen molar-refractivity contribution in [1.82, 2.24) is 0 Å². The third kappa shape index (κ3) is 5.17. The number of aliphatic hydroxyl groups excluding tert-OH is 2. The summed E-state index contributed by atoms with van der Waals surface area (Å²) < 4.78 is 39.7. The fraction of sp³-hybridized carbons (Fsp3) is 0.609. The number of ether oxygens (including phenoxy) is 6. The van der Waals surface area contributed by atoms with Gasteiger partial charge in [-0.15, -0.1) is 0 Å². The molecule has 5 N–H and O–H groups in total. The Morgan fingerprint density at radius 3 is 2.29 bits per heavy atom. The molecule has 1 spiro atoms. The first-order valence-corrected chi connectivity index (χ1v) is 21.2. The van der Waals surface area contributed by atoms with Gasteiger partial charge in [0.2, 0.25) is 0 Å². The summed E-state index contributed by atoms with van der Waals surface area (Å²) in [5.41, 5.74) is -8.50. The number of carbonyl (C=O) groups excluding carboxylic acids is 2. The predicted molar refractivity (Wildman–Crippen MR) is 207 cm³/mol. The van der Waals surface area contributed by atoms with Gasteiger partial charge in [0.1, 0.15) is 53.4 Å². The van der Waals surface area contributed by atoms with Gasteiger partial charge >= 0.3 is 17.9 Å². The van der Waals surface area contributed by atoms with Crippen molar-refractivity contribution in [3.8, 4) is 0 Å². The maximum Gasteiger partial charge on any atom is 0.338 e. The summed E-state index contributed by atoms with van der Waals surface area (Å²) in [6, 6.07) is 17.7. The number of esters is 2. The number of carbonyl (C=O) groups is 2. The number of hydrogen-bond acceptors (Lipinski definition) is 13. The van der Waals surface area contributed by atoms with Crippen LogP contribution in [-0.4, -0.2) is 109 Å². The zero-order valence-electron chi connectivity index (χ0n) is 33.6. The highest BCUT2D eigenvalue weighted by molar-refractivity contribution is 5.89. The van der Waals surface area contributed by atoms with E-state index in [1.807, 2.05) is 38.1 Å². The molecule has 13 nitrogen and oxygen atoms in total. The fourth-order valence-electron chi connectivity index (χ4n) is 13.3. The van der Waals surface area contributed by atoms with Crippen molar-refractivity contribution in [3.63, 3.8) is 0 Å². The number of allylic oxidation sites excluding steroid dienone is 2. The van der Waals surface area contributed by atoms with E-state index in [4.69, 9.17) is 28.4 Å². The van der Waals surface area contributed by atoms with Crippen LogP contribution in [0.15, 0.2) is 85.0 Å². The minimum Gasteiger partial charge on any atom is -0.456 e. The summed E-state index contributed by atoms with van der Waals surface area (Å²) in [6.07, 6.45) is 0.608. The molecule has 0 radical (unpaired) electrons. The Balaban J connectivity index is 1.14.